The quantitative estimate of drug-likeness (QED) is 0.460. The standard InChI is InChI=1S/C22H26O4/c1-4-14-20-13(11-18(24)21(14)26-12(2)23)5-6-15-16(20)9-10-22(3)17(15)7-8-19(22)25/h1,11,15-17,19,24-25H,5-10H2,2-3H3/t15-,16+,17+,19+,22+/m1/s1. The molecule has 4 rings (SSSR count). The maximum atomic E-state index is 11.5. The van der Waals surface area contributed by atoms with Crippen molar-refractivity contribution in [3.05, 3.63) is 22.8 Å². The van der Waals surface area contributed by atoms with Gasteiger partial charge in [-0.15, -0.1) is 6.42 Å². The third-order valence-corrected chi connectivity index (χ3v) is 7.28. The molecule has 4 heteroatoms. The molecule has 0 spiro atoms. The first kappa shape index (κ1) is 17.4. The number of aryl methyl sites for hydroxylation is 1. The number of terminal acetylenes is 1. The van der Waals surface area contributed by atoms with E-state index in [9.17, 15) is 15.0 Å². The molecule has 0 aromatic heterocycles. The molecule has 0 bridgehead atoms. The maximum Gasteiger partial charge on any atom is 0.308 e. The predicted octanol–water partition coefficient (Wildman–Crippen LogP) is 3.52. The number of esters is 1. The van der Waals surface area contributed by atoms with E-state index in [2.05, 4.69) is 12.8 Å². The van der Waals surface area contributed by atoms with Crippen molar-refractivity contribution in [3.63, 3.8) is 0 Å². The first-order valence-corrected chi connectivity index (χ1v) is 9.58. The average molecular weight is 354 g/mol. The summed E-state index contributed by atoms with van der Waals surface area (Å²) in [4.78, 5) is 11.5. The van der Waals surface area contributed by atoms with Crippen molar-refractivity contribution < 1.29 is 19.7 Å². The lowest BCUT2D eigenvalue weighted by atomic mass is 9.55. The Hall–Kier alpha value is -1.99. The van der Waals surface area contributed by atoms with Crippen molar-refractivity contribution >= 4 is 5.97 Å². The molecule has 2 fully saturated rings. The Kier molecular flexibility index (Phi) is 4.04. The van der Waals surface area contributed by atoms with E-state index in [0.717, 1.165) is 49.7 Å². The number of aliphatic hydroxyl groups excluding tert-OH is 1. The minimum atomic E-state index is -0.487. The van der Waals surface area contributed by atoms with Crippen LogP contribution in [0.25, 0.3) is 0 Å². The van der Waals surface area contributed by atoms with Gasteiger partial charge in [-0.2, -0.15) is 0 Å². The Morgan fingerprint density at radius 3 is 2.81 bits per heavy atom. The van der Waals surface area contributed by atoms with Gasteiger partial charge in [0, 0.05) is 6.92 Å². The van der Waals surface area contributed by atoms with Crippen LogP contribution >= 0.6 is 0 Å². The fourth-order valence-electron chi connectivity index (χ4n) is 6.08. The molecule has 0 unspecified atom stereocenters. The smallest absolute Gasteiger partial charge is 0.308 e. The van der Waals surface area contributed by atoms with Crippen molar-refractivity contribution in [1.29, 1.82) is 0 Å². The third kappa shape index (κ3) is 2.37. The van der Waals surface area contributed by atoms with E-state index in [-0.39, 0.29) is 23.0 Å². The number of aromatic hydroxyl groups is 1. The first-order chi connectivity index (χ1) is 12.4. The second-order valence-corrected chi connectivity index (χ2v) is 8.46. The van der Waals surface area contributed by atoms with Crippen molar-refractivity contribution in [1.82, 2.24) is 0 Å². The molecule has 1 aromatic carbocycles. The number of hydrogen-bond donors (Lipinski definition) is 2. The predicted molar refractivity (Wildman–Crippen MR) is 98.0 cm³/mol. The van der Waals surface area contributed by atoms with Gasteiger partial charge in [-0.3, -0.25) is 4.79 Å². The number of carbonyl (C=O) groups is 1. The van der Waals surface area contributed by atoms with Gasteiger partial charge in [0.15, 0.2) is 11.5 Å². The van der Waals surface area contributed by atoms with Crippen molar-refractivity contribution in [2.45, 2.75) is 64.4 Å². The van der Waals surface area contributed by atoms with E-state index in [4.69, 9.17) is 11.2 Å². The number of carbonyl (C=O) groups excluding carboxylic acids is 1. The molecule has 0 heterocycles. The lowest BCUT2D eigenvalue weighted by molar-refractivity contribution is -0.132. The normalized spacial score (nSPS) is 35.0. The van der Waals surface area contributed by atoms with E-state index in [1.165, 1.54) is 6.92 Å². The second-order valence-electron chi connectivity index (χ2n) is 8.46. The Labute approximate surface area is 154 Å². The van der Waals surface area contributed by atoms with Gasteiger partial charge in [0.25, 0.3) is 0 Å². The second kappa shape index (κ2) is 6.03. The highest BCUT2D eigenvalue weighted by Crippen LogP contribution is 2.61. The molecule has 0 aliphatic heterocycles. The molecule has 3 aliphatic carbocycles. The number of ether oxygens (including phenoxy) is 1. The van der Waals surface area contributed by atoms with Crippen LogP contribution in [0.4, 0.5) is 0 Å². The number of rotatable bonds is 1. The molecule has 0 saturated heterocycles. The number of aliphatic hydroxyl groups is 1. The summed E-state index contributed by atoms with van der Waals surface area (Å²) < 4.78 is 5.26. The van der Waals surface area contributed by atoms with Gasteiger partial charge >= 0.3 is 5.97 Å². The summed E-state index contributed by atoms with van der Waals surface area (Å²) in [5, 5.41) is 20.9. The fourth-order valence-corrected chi connectivity index (χ4v) is 6.08. The number of benzene rings is 1. The van der Waals surface area contributed by atoms with E-state index >= 15 is 0 Å². The highest BCUT2D eigenvalue weighted by molar-refractivity contribution is 5.73. The van der Waals surface area contributed by atoms with E-state index in [0.29, 0.717) is 23.3 Å². The summed E-state index contributed by atoms with van der Waals surface area (Å²) in [5.41, 5.74) is 2.70. The summed E-state index contributed by atoms with van der Waals surface area (Å²) in [6.07, 6.45) is 11.4. The van der Waals surface area contributed by atoms with E-state index < -0.39 is 5.97 Å². The highest BCUT2D eigenvalue weighted by Gasteiger charge is 2.54. The lowest BCUT2D eigenvalue weighted by Crippen LogP contribution is -2.44. The van der Waals surface area contributed by atoms with Gasteiger partial charge in [0.2, 0.25) is 0 Å². The summed E-state index contributed by atoms with van der Waals surface area (Å²) in [6, 6.07) is 1.72. The molecule has 0 amide bonds. The SMILES string of the molecule is C#Cc1c(OC(C)=O)c(O)cc2c1[C@H]1CC[C@]3(C)[C@@H](O)CC[C@H]3[C@@H]1CC2. The number of hydrogen-bond acceptors (Lipinski definition) is 4. The van der Waals surface area contributed by atoms with Crippen LogP contribution in [0.15, 0.2) is 6.07 Å². The lowest BCUT2D eigenvalue weighted by Gasteiger charge is -2.50. The van der Waals surface area contributed by atoms with Crippen LogP contribution in [0.1, 0.15) is 68.6 Å². The monoisotopic (exact) mass is 354 g/mol. The van der Waals surface area contributed by atoms with Gasteiger partial charge in [-0.05, 0) is 78.9 Å². The van der Waals surface area contributed by atoms with Gasteiger partial charge in [0.1, 0.15) is 0 Å². The van der Waals surface area contributed by atoms with E-state index in [1.54, 1.807) is 6.07 Å². The van der Waals surface area contributed by atoms with Crippen molar-refractivity contribution in [3.8, 4) is 23.8 Å². The van der Waals surface area contributed by atoms with Crippen LogP contribution in [0.3, 0.4) is 0 Å². The molecule has 0 radical (unpaired) electrons. The first-order valence-electron chi connectivity index (χ1n) is 9.58. The zero-order valence-corrected chi connectivity index (χ0v) is 15.4. The Balaban J connectivity index is 1.81. The van der Waals surface area contributed by atoms with E-state index in [1.807, 2.05) is 0 Å². The number of fused-ring (bicyclic) bond motifs is 5. The topological polar surface area (TPSA) is 66.8 Å². The molecule has 5 atom stereocenters. The summed E-state index contributed by atoms with van der Waals surface area (Å²) in [5.74, 6) is 3.57. The molecular formula is C22H26O4. The molecule has 1 aromatic rings. The van der Waals surface area contributed by atoms with Crippen LogP contribution in [-0.2, 0) is 11.2 Å². The molecule has 26 heavy (non-hydrogen) atoms. The van der Waals surface area contributed by atoms with Crippen LogP contribution in [0, 0.1) is 29.6 Å². The van der Waals surface area contributed by atoms with Crippen molar-refractivity contribution in [2.24, 2.45) is 17.3 Å². The minimum Gasteiger partial charge on any atom is -0.504 e. The molecular weight excluding hydrogens is 328 g/mol. The van der Waals surface area contributed by atoms with Gasteiger partial charge in [0.05, 0.1) is 11.7 Å². The summed E-state index contributed by atoms with van der Waals surface area (Å²) in [7, 11) is 0. The van der Waals surface area contributed by atoms with Gasteiger partial charge < -0.3 is 14.9 Å². The molecule has 2 N–H and O–H groups in total. The summed E-state index contributed by atoms with van der Waals surface area (Å²) in [6.45, 7) is 3.55. The van der Waals surface area contributed by atoms with Crippen molar-refractivity contribution in [2.75, 3.05) is 0 Å². The number of phenolic OH excluding ortho intramolecular Hbond substituents is 1. The third-order valence-electron chi connectivity index (χ3n) is 7.28. The van der Waals surface area contributed by atoms with Crippen LogP contribution in [0.2, 0.25) is 0 Å². The van der Waals surface area contributed by atoms with Gasteiger partial charge in [-0.1, -0.05) is 12.8 Å². The van der Waals surface area contributed by atoms with Gasteiger partial charge in [-0.25, -0.2) is 0 Å². The molecule has 4 nitrogen and oxygen atoms in total. The Bertz CT molecular complexity index is 805. The minimum absolute atomic E-state index is 0.00457. The van der Waals surface area contributed by atoms with Crippen LogP contribution < -0.4 is 4.74 Å². The zero-order valence-electron chi connectivity index (χ0n) is 15.4. The fraction of sp³-hybridized carbons (Fsp3) is 0.591. The summed E-state index contributed by atoms with van der Waals surface area (Å²) >= 11 is 0. The largest absolute Gasteiger partial charge is 0.504 e. The van der Waals surface area contributed by atoms with Crippen LogP contribution in [0.5, 0.6) is 11.5 Å². The van der Waals surface area contributed by atoms with Crippen LogP contribution in [-0.4, -0.2) is 22.3 Å². The number of phenols is 1. The average Bonchev–Trinajstić information content (AvgIpc) is 2.90. The maximum absolute atomic E-state index is 11.5. The Morgan fingerprint density at radius 2 is 2.12 bits per heavy atom. The molecule has 2 saturated carbocycles. The molecule has 138 valence electrons. The zero-order chi connectivity index (χ0) is 18.6. The highest BCUT2D eigenvalue weighted by atomic mass is 16.5. The molecule has 3 aliphatic rings. The Morgan fingerprint density at radius 1 is 1.35 bits per heavy atom.